The summed E-state index contributed by atoms with van der Waals surface area (Å²) in [6.07, 6.45) is 3.61. The molecule has 0 unspecified atom stereocenters. The van der Waals surface area contributed by atoms with Crippen molar-refractivity contribution < 1.29 is 17.6 Å². The molecule has 0 spiro atoms. The van der Waals surface area contributed by atoms with Gasteiger partial charge < -0.3 is 10.2 Å². The van der Waals surface area contributed by atoms with Crippen molar-refractivity contribution in [2.24, 2.45) is 0 Å². The van der Waals surface area contributed by atoms with Gasteiger partial charge in [0, 0.05) is 38.6 Å². The molecular formula is C21H27FN4O3S. The van der Waals surface area contributed by atoms with Gasteiger partial charge in [0.25, 0.3) is 0 Å². The van der Waals surface area contributed by atoms with E-state index in [2.05, 4.69) is 10.2 Å². The molecule has 0 aromatic heterocycles. The number of hydrogen-bond acceptors (Lipinski definition) is 4. The first-order chi connectivity index (χ1) is 14.3. The Labute approximate surface area is 177 Å². The third-order valence-electron chi connectivity index (χ3n) is 5.01. The lowest BCUT2D eigenvalue weighted by Crippen LogP contribution is -2.44. The van der Waals surface area contributed by atoms with Gasteiger partial charge in [-0.15, -0.1) is 0 Å². The normalized spacial score (nSPS) is 14.6. The third-order valence-corrected chi connectivity index (χ3v) is 6.83. The lowest BCUT2D eigenvalue weighted by molar-refractivity contribution is -0.114. The molecule has 1 saturated heterocycles. The van der Waals surface area contributed by atoms with E-state index in [4.69, 9.17) is 0 Å². The minimum atomic E-state index is -3.94. The van der Waals surface area contributed by atoms with E-state index in [1.807, 2.05) is 24.3 Å². The zero-order valence-electron chi connectivity index (χ0n) is 17.2. The third kappa shape index (κ3) is 5.28. The fourth-order valence-electron chi connectivity index (χ4n) is 3.35. The van der Waals surface area contributed by atoms with Crippen molar-refractivity contribution in [1.29, 1.82) is 0 Å². The molecule has 30 heavy (non-hydrogen) atoms. The smallest absolute Gasteiger partial charge is 0.304 e. The molecule has 3 rings (SSSR count). The molecule has 1 N–H and O–H groups in total. The topological polar surface area (TPSA) is 73.0 Å². The van der Waals surface area contributed by atoms with E-state index in [1.165, 1.54) is 45.5 Å². The highest BCUT2D eigenvalue weighted by atomic mass is 32.2. The van der Waals surface area contributed by atoms with Crippen LogP contribution >= 0.6 is 0 Å². The minimum Gasteiger partial charge on any atom is -0.372 e. The number of piperidine rings is 1. The maximum Gasteiger partial charge on any atom is 0.304 e. The van der Waals surface area contributed by atoms with Crippen LogP contribution in [0.4, 0.5) is 21.5 Å². The molecule has 1 aliphatic heterocycles. The lowest BCUT2D eigenvalue weighted by Gasteiger charge is -2.29. The second kappa shape index (κ2) is 9.44. The van der Waals surface area contributed by atoms with Crippen molar-refractivity contribution >= 4 is 33.2 Å². The number of carbonyl (C=O) groups is 1. The highest BCUT2D eigenvalue weighted by Gasteiger charge is 2.27. The number of halogens is 1. The van der Waals surface area contributed by atoms with Gasteiger partial charge in [-0.25, -0.2) is 8.70 Å². The molecule has 1 heterocycles. The zero-order chi connectivity index (χ0) is 21.7. The van der Waals surface area contributed by atoms with Crippen LogP contribution in [0.5, 0.6) is 0 Å². The molecule has 1 fully saturated rings. The molecule has 1 aliphatic rings. The van der Waals surface area contributed by atoms with Crippen LogP contribution in [-0.4, -0.2) is 52.4 Å². The first-order valence-electron chi connectivity index (χ1n) is 9.88. The van der Waals surface area contributed by atoms with Crippen LogP contribution < -0.4 is 14.5 Å². The SMILES string of the molecule is CN(C)S(=O)(=O)N(CC(=O)Nc1ccc(N2CCCCC2)cc1)c1ccc(F)cc1. The van der Waals surface area contributed by atoms with Gasteiger partial charge in [0.1, 0.15) is 12.4 Å². The summed E-state index contributed by atoms with van der Waals surface area (Å²) >= 11 is 0. The Bertz CT molecular complexity index is 957. The number of carbonyl (C=O) groups excluding carboxylic acids is 1. The van der Waals surface area contributed by atoms with Crippen LogP contribution in [0.15, 0.2) is 48.5 Å². The summed E-state index contributed by atoms with van der Waals surface area (Å²) < 4.78 is 40.6. The van der Waals surface area contributed by atoms with Gasteiger partial charge in [0.2, 0.25) is 5.91 Å². The quantitative estimate of drug-likeness (QED) is 0.727. The number of benzene rings is 2. The van der Waals surface area contributed by atoms with Crippen LogP contribution in [0, 0.1) is 5.82 Å². The number of rotatable bonds is 7. The Morgan fingerprint density at radius 2 is 1.60 bits per heavy atom. The van der Waals surface area contributed by atoms with Crippen molar-refractivity contribution in [2.45, 2.75) is 19.3 Å². The monoisotopic (exact) mass is 434 g/mol. The molecule has 1 amide bonds. The molecule has 2 aromatic carbocycles. The second-order valence-corrected chi connectivity index (χ2v) is 9.48. The van der Waals surface area contributed by atoms with E-state index in [9.17, 15) is 17.6 Å². The number of nitrogens with zero attached hydrogens (tertiary/aromatic N) is 3. The molecule has 0 atom stereocenters. The summed E-state index contributed by atoms with van der Waals surface area (Å²) in [6, 6.07) is 12.5. The van der Waals surface area contributed by atoms with E-state index < -0.39 is 28.5 Å². The van der Waals surface area contributed by atoms with Gasteiger partial charge in [-0.2, -0.15) is 12.7 Å². The first kappa shape index (κ1) is 22.0. The van der Waals surface area contributed by atoms with E-state index in [-0.39, 0.29) is 5.69 Å². The molecule has 0 bridgehead atoms. The molecule has 0 radical (unpaired) electrons. The summed E-state index contributed by atoms with van der Waals surface area (Å²) in [7, 11) is -1.18. The summed E-state index contributed by atoms with van der Waals surface area (Å²) in [6.45, 7) is 1.63. The van der Waals surface area contributed by atoms with Gasteiger partial charge in [-0.1, -0.05) is 0 Å². The molecule has 7 nitrogen and oxygen atoms in total. The van der Waals surface area contributed by atoms with Gasteiger partial charge in [0.05, 0.1) is 5.69 Å². The van der Waals surface area contributed by atoms with Gasteiger partial charge in [-0.3, -0.25) is 4.79 Å². The van der Waals surface area contributed by atoms with E-state index in [1.54, 1.807) is 0 Å². The maximum absolute atomic E-state index is 13.3. The van der Waals surface area contributed by atoms with Crippen molar-refractivity contribution in [3.05, 3.63) is 54.3 Å². The fourth-order valence-corrected chi connectivity index (χ4v) is 4.41. The molecule has 0 saturated carbocycles. The van der Waals surface area contributed by atoms with Crippen LogP contribution in [0.2, 0.25) is 0 Å². The summed E-state index contributed by atoms with van der Waals surface area (Å²) in [5.41, 5.74) is 1.90. The largest absolute Gasteiger partial charge is 0.372 e. The molecule has 162 valence electrons. The Hall–Kier alpha value is -2.65. The van der Waals surface area contributed by atoms with Crippen LogP contribution in [0.3, 0.4) is 0 Å². The van der Waals surface area contributed by atoms with Gasteiger partial charge in [0.15, 0.2) is 0 Å². The van der Waals surface area contributed by atoms with Crippen LogP contribution in [0.25, 0.3) is 0 Å². The highest BCUT2D eigenvalue weighted by molar-refractivity contribution is 7.90. The predicted octanol–water partition coefficient (Wildman–Crippen LogP) is 3.07. The summed E-state index contributed by atoms with van der Waals surface area (Å²) in [4.78, 5) is 14.9. The molecular weight excluding hydrogens is 407 g/mol. The standard InChI is InChI=1S/C21H27FN4O3S/c1-24(2)30(28,29)26(20-10-6-17(22)7-11-20)16-21(27)23-18-8-12-19(13-9-18)25-14-4-3-5-15-25/h6-13H,3-5,14-16H2,1-2H3,(H,23,27). The highest BCUT2D eigenvalue weighted by Crippen LogP contribution is 2.23. The second-order valence-electron chi connectivity index (χ2n) is 7.42. The number of hydrogen-bond donors (Lipinski definition) is 1. The van der Waals surface area contributed by atoms with E-state index >= 15 is 0 Å². The summed E-state index contributed by atoms with van der Waals surface area (Å²) in [5.74, 6) is -0.977. The average Bonchev–Trinajstić information content (AvgIpc) is 2.74. The van der Waals surface area contributed by atoms with Crippen molar-refractivity contribution in [3.8, 4) is 0 Å². The minimum absolute atomic E-state index is 0.209. The lowest BCUT2D eigenvalue weighted by atomic mass is 10.1. The van der Waals surface area contributed by atoms with Crippen LogP contribution in [0.1, 0.15) is 19.3 Å². The Kier molecular flexibility index (Phi) is 6.94. The summed E-state index contributed by atoms with van der Waals surface area (Å²) in [5, 5.41) is 2.74. The van der Waals surface area contributed by atoms with E-state index in [0.717, 1.165) is 39.5 Å². The van der Waals surface area contributed by atoms with Crippen LogP contribution in [-0.2, 0) is 15.0 Å². The fraction of sp³-hybridized carbons (Fsp3) is 0.381. The predicted molar refractivity (Wildman–Crippen MR) is 117 cm³/mol. The van der Waals surface area contributed by atoms with Crippen molar-refractivity contribution in [2.75, 3.05) is 48.3 Å². The maximum atomic E-state index is 13.3. The first-order valence-corrected chi connectivity index (χ1v) is 11.3. The van der Waals surface area contributed by atoms with Gasteiger partial charge in [-0.05, 0) is 67.8 Å². The average molecular weight is 435 g/mol. The van der Waals surface area contributed by atoms with Gasteiger partial charge >= 0.3 is 10.2 Å². The van der Waals surface area contributed by atoms with Crippen molar-refractivity contribution in [3.63, 3.8) is 0 Å². The van der Waals surface area contributed by atoms with Crippen molar-refractivity contribution in [1.82, 2.24) is 4.31 Å². The Morgan fingerprint density at radius 3 is 2.17 bits per heavy atom. The molecule has 0 aliphatic carbocycles. The molecule has 9 heteroatoms. The molecule has 2 aromatic rings. The number of nitrogens with one attached hydrogen (secondary N) is 1. The zero-order valence-corrected chi connectivity index (χ0v) is 18.0. The van der Waals surface area contributed by atoms with E-state index in [0.29, 0.717) is 5.69 Å². The Morgan fingerprint density at radius 1 is 1.00 bits per heavy atom. The Balaban J connectivity index is 1.72. The number of anilines is 3. The number of amides is 1.